The molecule has 0 radical (unpaired) electrons. The van der Waals surface area contributed by atoms with E-state index < -0.39 is 0 Å². The van der Waals surface area contributed by atoms with Crippen molar-refractivity contribution >= 4 is 22.9 Å². The summed E-state index contributed by atoms with van der Waals surface area (Å²) < 4.78 is 5.11. The molecule has 1 heterocycles. The topological polar surface area (TPSA) is 22.1 Å². The van der Waals surface area contributed by atoms with Gasteiger partial charge in [-0.25, -0.2) is 4.98 Å². The maximum absolute atomic E-state index is 5.87. The van der Waals surface area contributed by atoms with E-state index in [1.807, 2.05) is 30.3 Å². The summed E-state index contributed by atoms with van der Waals surface area (Å²) in [6.07, 6.45) is 0. The molecule has 0 N–H and O–H groups in total. The Bertz CT molecular complexity index is 441. The number of halogens is 1. The highest BCUT2D eigenvalue weighted by Gasteiger charge is 2.11. The van der Waals surface area contributed by atoms with Crippen molar-refractivity contribution in [2.24, 2.45) is 0 Å². The summed E-state index contributed by atoms with van der Waals surface area (Å²) in [5.41, 5.74) is 2.00. The summed E-state index contributed by atoms with van der Waals surface area (Å²) in [5.74, 6) is 0.464. The Kier molecular flexibility index (Phi) is 3.23. The summed E-state index contributed by atoms with van der Waals surface area (Å²) in [5, 5.41) is 0.657. The van der Waals surface area contributed by atoms with E-state index >= 15 is 0 Å². The maximum Gasteiger partial charge on any atom is 0.273 e. The van der Waals surface area contributed by atoms with Gasteiger partial charge in [0.1, 0.15) is 0 Å². The number of nitrogens with zero attached hydrogens (tertiary/aromatic N) is 1. The first kappa shape index (κ1) is 10.5. The minimum Gasteiger partial charge on any atom is -0.473 e. The van der Waals surface area contributed by atoms with Crippen LogP contribution in [0.5, 0.6) is 5.19 Å². The number of aromatic nitrogens is 1. The van der Waals surface area contributed by atoms with Crippen molar-refractivity contribution in [2.75, 3.05) is 7.11 Å². The minimum absolute atomic E-state index is 0.464. The fourth-order valence-electron chi connectivity index (χ4n) is 1.33. The molecular formula is C11H10ClNOS. The number of thiazole rings is 1. The van der Waals surface area contributed by atoms with E-state index in [2.05, 4.69) is 4.98 Å². The monoisotopic (exact) mass is 239 g/mol. The molecule has 15 heavy (non-hydrogen) atoms. The Morgan fingerprint density at radius 2 is 2.07 bits per heavy atom. The minimum atomic E-state index is 0.464. The largest absolute Gasteiger partial charge is 0.473 e. The number of hydrogen-bond donors (Lipinski definition) is 0. The van der Waals surface area contributed by atoms with Crippen molar-refractivity contribution in [1.29, 1.82) is 0 Å². The molecule has 0 aliphatic rings. The van der Waals surface area contributed by atoms with Crippen LogP contribution in [0.1, 0.15) is 4.88 Å². The van der Waals surface area contributed by atoms with Crippen molar-refractivity contribution in [3.05, 3.63) is 35.2 Å². The summed E-state index contributed by atoms with van der Waals surface area (Å²) in [4.78, 5) is 5.42. The molecule has 2 aromatic rings. The number of ether oxygens (including phenoxy) is 1. The molecule has 0 atom stereocenters. The standard InChI is InChI=1S/C11H10ClNOS/c1-14-11-13-10(9(7-12)15-11)8-5-3-2-4-6-8/h2-6H,7H2,1H3. The number of benzene rings is 1. The van der Waals surface area contributed by atoms with Crippen LogP contribution < -0.4 is 4.74 Å². The van der Waals surface area contributed by atoms with Gasteiger partial charge in [-0.05, 0) is 0 Å². The van der Waals surface area contributed by atoms with Gasteiger partial charge in [0.2, 0.25) is 0 Å². The van der Waals surface area contributed by atoms with Gasteiger partial charge < -0.3 is 4.74 Å². The van der Waals surface area contributed by atoms with Crippen LogP contribution in [-0.4, -0.2) is 12.1 Å². The molecule has 0 fully saturated rings. The molecule has 2 rings (SSSR count). The molecule has 2 nitrogen and oxygen atoms in total. The molecule has 0 aliphatic heterocycles. The van der Waals surface area contributed by atoms with Crippen molar-refractivity contribution in [2.45, 2.75) is 5.88 Å². The normalized spacial score (nSPS) is 10.3. The highest BCUT2D eigenvalue weighted by Crippen LogP contribution is 2.33. The molecule has 1 aromatic heterocycles. The van der Waals surface area contributed by atoms with Crippen LogP contribution in [0.15, 0.2) is 30.3 Å². The van der Waals surface area contributed by atoms with E-state index in [4.69, 9.17) is 16.3 Å². The average Bonchev–Trinajstić information content (AvgIpc) is 2.73. The molecule has 0 amide bonds. The average molecular weight is 240 g/mol. The Hall–Kier alpha value is -1.06. The fraction of sp³-hybridized carbons (Fsp3) is 0.182. The Balaban J connectivity index is 2.47. The SMILES string of the molecule is COc1nc(-c2ccccc2)c(CCl)s1. The van der Waals surface area contributed by atoms with E-state index in [1.165, 1.54) is 11.3 Å². The molecule has 0 bridgehead atoms. The zero-order chi connectivity index (χ0) is 10.7. The molecule has 0 spiro atoms. The third-order valence-corrected chi connectivity index (χ3v) is 3.46. The van der Waals surface area contributed by atoms with Gasteiger partial charge in [0, 0.05) is 5.56 Å². The van der Waals surface area contributed by atoms with Crippen LogP contribution in [0.4, 0.5) is 0 Å². The van der Waals surface area contributed by atoms with E-state index in [0.29, 0.717) is 11.1 Å². The van der Waals surface area contributed by atoms with E-state index in [0.717, 1.165) is 16.1 Å². The van der Waals surface area contributed by atoms with Crippen molar-refractivity contribution in [3.8, 4) is 16.5 Å². The number of rotatable bonds is 3. The molecule has 4 heteroatoms. The van der Waals surface area contributed by atoms with Crippen LogP contribution in [0.2, 0.25) is 0 Å². The second kappa shape index (κ2) is 4.64. The number of methoxy groups -OCH3 is 1. The Morgan fingerprint density at radius 1 is 1.33 bits per heavy atom. The van der Waals surface area contributed by atoms with Gasteiger partial charge in [0.05, 0.1) is 23.6 Å². The highest BCUT2D eigenvalue weighted by atomic mass is 35.5. The zero-order valence-electron chi connectivity index (χ0n) is 8.24. The first-order valence-electron chi connectivity index (χ1n) is 4.50. The summed E-state index contributed by atoms with van der Waals surface area (Å²) in [7, 11) is 1.62. The van der Waals surface area contributed by atoms with E-state index in [9.17, 15) is 0 Å². The second-order valence-electron chi connectivity index (χ2n) is 2.96. The molecule has 0 aliphatic carbocycles. The number of alkyl halides is 1. The second-order valence-corrected chi connectivity index (χ2v) is 4.27. The van der Waals surface area contributed by atoms with Gasteiger partial charge in [0.25, 0.3) is 5.19 Å². The predicted octanol–water partition coefficient (Wildman–Crippen LogP) is 3.56. The van der Waals surface area contributed by atoms with Gasteiger partial charge in [-0.1, -0.05) is 41.7 Å². The van der Waals surface area contributed by atoms with E-state index in [-0.39, 0.29) is 0 Å². The van der Waals surface area contributed by atoms with Gasteiger partial charge in [-0.3, -0.25) is 0 Å². The lowest BCUT2D eigenvalue weighted by molar-refractivity contribution is 0.412. The Morgan fingerprint density at radius 3 is 2.67 bits per heavy atom. The lowest BCUT2D eigenvalue weighted by Crippen LogP contribution is -1.83. The molecule has 1 aromatic carbocycles. The zero-order valence-corrected chi connectivity index (χ0v) is 9.81. The maximum atomic E-state index is 5.87. The van der Waals surface area contributed by atoms with Crippen LogP contribution in [0.25, 0.3) is 11.3 Å². The van der Waals surface area contributed by atoms with Crippen LogP contribution in [0, 0.1) is 0 Å². The van der Waals surface area contributed by atoms with Crippen molar-refractivity contribution in [1.82, 2.24) is 4.98 Å². The van der Waals surface area contributed by atoms with Gasteiger partial charge in [-0.15, -0.1) is 11.6 Å². The Labute approximate surface area is 97.5 Å². The lowest BCUT2D eigenvalue weighted by atomic mass is 10.1. The molecule has 0 saturated carbocycles. The first-order valence-corrected chi connectivity index (χ1v) is 5.85. The number of hydrogen-bond acceptors (Lipinski definition) is 3. The van der Waals surface area contributed by atoms with E-state index in [1.54, 1.807) is 7.11 Å². The van der Waals surface area contributed by atoms with Crippen molar-refractivity contribution < 1.29 is 4.74 Å². The van der Waals surface area contributed by atoms with Gasteiger partial charge in [0.15, 0.2) is 0 Å². The van der Waals surface area contributed by atoms with Crippen molar-refractivity contribution in [3.63, 3.8) is 0 Å². The highest BCUT2D eigenvalue weighted by molar-refractivity contribution is 7.14. The molecule has 0 saturated heterocycles. The fourth-order valence-corrected chi connectivity index (χ4v) is 2.37. The molecule has 78 valence electrons. The van der Waals surface area contributed by atoms with Gasteiger partial charge >= 0.3 is 0 Å². The quantitative estimate of drug-likeness (QED) is 0.765. The third kappa shape index (κ3) is 2.13. The summed E-state index contributed by atoms with van der Waals surface area (Å²) in [6, 6.07) is 9.99. The van der Waals surface area contributed by atoms with Crippen LogP contribution in [0.3, 0.4) is 0 Å². The van der Waals surface area contributed by atoms with Crippen LogP contribution in [-0.2, 0) is 5.88 Å². The predicted molar refractivity (Wildman–Crippen MR) is 63.7 cm³/mol. The van der Waals surface area contributed by atoms with Gasteiger partial charge in [-0.2, -0.15) is 0 Å². The first-order chi connectivity index (χ1) is 7.35. The summed E-state index contributed by atoms with van der Waals surface area (Å²) in [6.45, 7) is 0. The molecule has 0 unspecified atom stereocenters. The smallest absolute Gasteiger partial charge is 0.273 e. The summed E-state index contributed by atoms with van der Waals surface area (Å²) >= 11 is 7.36. The lowest BCUT2D eigenvalue weighted by Gasteiger charge is -1.97. The third-order valence-electron chi connectivity index (χ3n) is 2.02. The van der Waals surface area contributed by atoms with Crippen LogP contribution >= 0.6 is 22.9 Å². The molecular weight excluding hydrogens is 230 g/mol.